The minimum Gasteiger partial charge on any atom is -0.384 e. The molecule has 0 aliphatic rings. The fraction of sp³-hybridized carbons (Fsp3) is 1.00. The average molecular weight is 291 g/mol. The van der Waals surface area contributed by atoms with Crippen LogP contribution in [-0.2, 0) is 4.74 Å². The molecule has 0 aromatic carbocycles. The van der Waals surface area contributed by atoms with Gasteiger partial charge in [-0.2, -0.15) is 0 Å². The van der Waals surface area contributed by atoms with Crippen molar-refractivity contribution in [1.82, 2.24) is 0 Å². The lowest BCUT2D eigenvalue weighted by molar-refractivity contribution is -0.0924. The number of ether oxygens (including phenoxy) is 1. The van der Waals surface area contributed by atoms with E-state index < -0.39 is 11.8 Å². The molecule has 0 aliphatic carbocycles. The normalized spacial score (nSPS) is 13.0. The molecule has 0 saturated carbocycles. The van der Waals surface area contributed by atoms with Gasteiger partial charge in [0.25, 0.3) is 5.92 Å². The van der Waals surface area contributed by atoms with Crippen molar-refractivity contribution in [3.8, 4) is 0 Å². The van der Waals surface area contributed by atoms with Crippen molar-refractivity contribution in [1.29, 1.82) is 0 Å². The van der Waals surface area contributed by atoms with Crippen LogP contribution in [0.3, 0.4) is 0 Å². The molecule has 0 N–H and O–H groups in total. The predicted molar refractivity (Wildman–Crippen MR) is 76.9 cm³/mol. The van der Waals surface area contributed by atoms with Crippen molar-refractivity contribution in [2.75, 3.05) is 20.3 Å². The zero-order valence-corrected chi connectivity index (χ0v) is 12.7. The van der Waals surface area contributed by atoms with Crippen LogP contribution in [0, 0.1) is 5.92 Å². The zero-order chi connectivity index (χ0) is 15.3. The number of alkyl halides is 2. The molecular weight excluding hydrogens is 264 g/mol. The highest BCUT2D eigenvalue weighted by atomic mass is 19.3. The molecule has 0 amide bonds. The molecule has 20 heavy (non-hydrogen) atoms. The van der Waals surface area contributed by atoms with Crippen LogP contribution in [0.15, 0.2) is 5.11 Å². The molecule has 0 saturated heterocycles. The third-order valence-electron chi connectivity index (χ3n) is 3.45. The minimum absolute atomic E-state index is 0.107. The topological polar surface area (TPSA) is 58.0 Å². The smallest absolute Gasteiger partial charge is 0.253 e. The van der Waals surface area contributed by atoms with Gasteiger partial charge in [-0.1, -0.05) is 37.7 Å². The highest BCUT2D eigenvalue weighted by Crippen LogP contribution is 2.34. The molecular formula is C14H27F2N3O. The molecule has 0 fully saturated rings. The van der Waals surface area contributed by atoms with E-state index in [4.69, 9.17) is 10.3 Å². The fourth-order valence-corrected chi connectivity index (χ4v) is 2.23. The van der Waals surface area contributed by atoms with Gasteiger partial charge in [-0.25, -0.2) is 8.78 Å². The average Bonchev–Trinajstić information content (AvgIpc) is 2.42. The molecule has 0 unspecified atom stereocenters. The van der Waals surface area contributed by atoms with Crippen molar-refractivity contribution in [3.63, 3.8) is 0 Å². The summed E-state index contributed by atoms with van der Waals surface area (Å²) in [6, 6.07) is 0. The summed E-state index contributed by atoms with van der Waals surface area (Å²) in [7, 11) is 1.47. The Morgan fingerprint density at radius 3 is 2.55 bits per heavy atom. The highest BCUT2D eigenvalue weighted by Gasteiger charge is 2.38. The molecule has 118 valence electrons. The lowest BCUT2D eigenvalue weighted by atomic mass is 9.91. The van der Waals surface area contributed by atoms with Gasteiger partial charge in [0.1, 0.15) is 0 Å². The summed E-state index contributed by atoms with van der Waals surface area (Å²) in [4.78, 5) is 2.61. The molecule has 4 nitrogen and oxygen atoms in total. The Labute approximate surface area is 120 Å². The summed E-state index contributed by atoms with van der Waals surface area (Å²) >= 11 is 0. The predicted octanol–water partition coefficient (Wildman–Crippen LogP) is 5.34. The second-order valence-corrected chi connectivity index (χ2v) is 5.17. The minimum atomic E-state index is -2.70. The molecule has 0 heterocycles. The Balaban J connectivity index is 4.12. The summed E-state index contributed by atoms with van der Waals surface area (Å²) < 4.78 is 33.2. The van der Waals surface area contributed by atoms with Gasteiger partial charge in [0.05, 0.1) is 6.61 Å². The largest absolute Gasteiger partial charge is 0.384 e. The summed E-state index contributed by atoms with van der Waals surface area (Å²) in [5.74, 6) is -3.40. The van der Waals surface area contributed by atoms with Crippen LogP contribution in [0.2, 0.25) is 0 Å². The molecule has 0 aromatic heterocycles. The van der Waals surface area contributed by atoms with Crippen LogP contribution in [0.5, 0.6) is 0 Å². The van der Waals surface area contributed by atoms with E-state index in [2.05, 4.69) is 16.9 Å². The number of halogens is 2. The van der Waals surface area contributed by atoms with Crippen LogP contribution in [0.25, 0.3) is 10.4 Å². The van der Waals surface area contributed by atoms with E-state index in [1.54, 1.807) is 0 Å². The van der Waals surface area contributed by atoms with Crippen molar-refractivity contribution in [3.05, 3.63) is 10.4 Å². The molecule has 0 spiro atoms. The maximum atomic E-state index is 14.1. The van der Waals surface area contributed by atoms with Gasteiger partial charge in [0.15, 0.2) is 0 Å². The van der Waals surface area contributed by atoms with E-state index in [-0.39, 0.29) is 19.6 Å². The fourth-order valence-electron chi connectivity index (χ4n) is 2.23. The van der Waals surface area contributed by atoms with Crippen LogP contribution < -0.4 is 0 Å². The third-order valence-corrected chi connectivity index (χ3v) is 3.45. The quantitative estimate of drug-likeness (QED) is 0.196. The van der Waals surface area contributed by atoms with Gasteiger partial charge in [-0.3, -0.25) is 0 Å². The van der Waals surface area contributed by atoms with E-state index in [0.29, 0.717) is 19.3 Å². The van der Waals surface area contributed by atoms with E-state index in [9.17, 15) is 8.78 Å². The van der Waals surface area contributed by atoms with Crippen molar-refractivity contribution in [2.45, 2.75) is 64.2 Å². The van der Waals surface area contributed by atoms with Crippen molar-refractivity contribution in [2.24, 2.45) is 11.0 Å². The lowest BCUT2D eigenvalue weighted by Gasteiger charge is -2.26. The summed E-state index contributed by atoms with van der Waals surface area (Å²) in [6.45, 7) is 2.50. The number of hydrogen-bond acceptors (Lipinski definition) is 2. The monoisotopic (exact) mass is 291 g/mol. The maximum absolute atomic E-state index is 14.1. The molecule has 0 rings (SSSR count). The van der Waals surface area contributed by atoms with Gasteiger partial charge in [0.2, 0.25) is 0 Å². The number of unbranched alkanes of at least 4 members (excludes halogenated alkanes) is 4. The Kier molecular flexibility index (Phi) is 11.4. The Morgan fingerprint density at radius 1 is 1.20 bits per heavy atom. The molecule has 1 atom stereocenters. The van der Waals surface area contributed by atoms with Gasteiger partial charge in [0, 0.05) is 30.9 Å². The number of azide groups is 1. The first-order valence-electron chi connectivity index (χ1n) is 7.46. The van der Waals surface area contributed by atoms with E-state index >= 15 is 0 Å². The Hall–Kier alpha value is -0.870. The van der Waals surface area contributed by atoms with Gasteiger partial charge < -0.3 is 4.74 Å². The van der Waals surface area contributed by atoms with Crippen LogP contribution >= 0.6 is 0 Å². The standard InChI is InChI=1S/C14H27F2N3O/c1-3-4-5-6-9-13(12-20-2)14(15,16)10-7-8-11-18-19-17/h13H,3-12H2,1-2H3/t13-/m0/s1. The number of nitrogens with zero attached hydrogens (tertiary/aromatic N) is 3. The highest BCUT2D eigenvalue weighted by molar-refractivity contribution is 4.77. The van der Waals surface area contributed by atoms with Gasteiger partial charge in [-0.05, 0) is 24.8 Å². The molecule has 0 radical (unpaired) electrons. The van der Waals surface area contributed by atoms with Crippen LogP contribution in [0.1, 0.15) is 58.3 Å². The lowest BCUT2D eigenvalue weighted by Crippen LogP contribution is -2.31. The second kappa shape index (κ2) is 11.9. The van der Waals surface area contributed by atoms with E-state index in [1.807, 2.05) is 0 Å². The summed E-state index contributed by atoms with van der Waals surface area (Å²) in [5.41, 5.74) is 8.12. The first-order valence-corrected chi connectivity index (χ1v) is 7.46. The number of methoxy groups -OCH3 is 1. The van der Waals surface area contributed by atoms with Gasteiger partial charge >= 0.3 is 0 Å². The molecule has 6 heteroatoms. The maximum Gasteiger partial charge on any atom is 0.253 e. The van der Waals surface area contributed by atoms with Gasteiger partial charge in [-0.15, -0.1) is 0 Å². The second-order valence-electron chi connectivity index (χ2n) is 5.17. The molecule has 0 aliphatic heterocycles. The molecule has 0 aromatic rings. The van der Waals surface area contributed by atoms with Crippen molar-refractivity contribution < 1.29 is 13.5 Å². The van der Waals surface area contributed by atoms with Crippen LogP contribution in [0.4, 0.5) is 8.78 Å². The molecule has 0 bridgehead atoms. The SMILES string of the molecule is CCCCCC[C@@H](COC)C(F)(F)CCCCN=[N+]=[N-]. The summed E-state index contributed by atoms with van der Waals surface area (Å²) in [6.07, 6.45) is 5.27. The third kappa shape index (κ3) is 9.10. The number of hydrogen-bond donors (Lipinski definition) is 0. The number of rotatable bonds is 13. The summed E-state index contributed by atoms with van der Waals surface area (Å²) in [5, 5.41) is 3.35. The first-order chi connectivity index (χ1) is 9.58. The Morgan fingerprint density at radius 2 is 1.95 bits per heavy atom. The zero-order valence-electron chi connectivity index (χ0n) is 12.7. The van der Waals surface area contributed by atoms with E-state index in [0.717, 1.165) is 25.7 Å². The first kappa shape index (κ1) is 19.1. The van der Waals surface area contributed by atoms with Crippen molar-refractivity contribution >= 4 is 0 Å². The van der Waals surface area contributed by atoms with Crippen LogP contribution in [-0.4, -0.2) is 26.2 Å². The van der Waals surface area contributed by atoms with E-state index in [1.165, 1.54) is 7.11 Å². The Bertz CT molecular complexity index is 282.